The molecule has 1 atom stereocenters. The Labute approximate surface area is 226 Å². The van der Waals surface area contributed by atoms with Crippen LogP contribution in [-0.2, 0) is 42.7 Å². The molecule has 0 radical (unpaired) electrons. The SMILES string of the molecule is Cn1nc(CC(CC(=O)O)c2cc(C(C)(C)C)cc(C(F)(F)F)c2)cc1OCCc1ccc2c(n1)NCCC2. The van der Waals surface area contributed by atoms with E-state index in [1.807, 2.05) is 26.8 Å². The van der Waals surface area contributed by atoms with Gasteiger partial charge in [-0.2, -0.15) is 18.3 Å². The molecule has 2 aromatic heterocycles. The molecule has 0 saturated carbocycles. The second-order valence-electron chi connectivity index (χ2n) is 11.1. The first-order valence-electron chi connectivity index (χ1n) is 13.1. The molecule has 1 aromatic carbocycles. The Balaban J connectivity index is 1.50. The number of aryl methyl sites for hydroxylation is 2. The summed E-state index contributed by atoms with van der Waals surface area (Å²) >= 11 is 0. The van der Waals surface area contributed by atoms with Crippen LogP contribution in [0, 0.1) is 0 Å². The van der Waals surface area contributed by atoms with Gasteiger partial charge in [0.05, 0.1) is 24.3 Å². The average Bonchev–Trinajstić information content (AvgIpc) is 3.20. The molecule has 0 bridgehead atoms. The highest BCUT2D eigenvalue weighted by Gasteiger charge is 2.33. The summed E-state index contributed by atoms with van der Waals surface area (Å²) in [5.41, 5.74) is 2.18. The maximum Gasteiger partial charge on any atom is 0.416 e. The van der Waals surface area contributed by atoms with Crippen molar-refractivity contribution in [1.29, 1.82) is 0 Å². The maximum atomic E-state index is 13.7. The normalized spacial score (nSPS) is 14.4. The van der Waals surface area contributed by atoms with E-state index in [2.05, 4.69) is 21.5 Å². The molecule has 0 spiro atoms. The Morgan fingerprint density at radius 3 is 2.56 bits per heavy atom. The van der Waals surface area contributed by atoms with E-state index in [-0.39, 0.29) is 12.8 Å². The first-order chi connectivity index (χ1) is 18.3. The lowest BCUT2D eigenvalue weighted by Gasteiger charge is -2.24. The monoisotopic (exact) mass is 544 g/mol. The molecule has 0 aliphatic carbocycles. The minimum Gasteiger partial charge on any atom is -0.481 e. The van der Waals surface area contributed by atoms with Crippen molar-refractivity contribution in [3.63, 3.8) is 0 Å². The standard InChI is InChI=1S/C29H35F3N4O3/c1-28(2,3)21-12-19(13-22(16-21)29(30,31)32)20(15-26(37)38)14-24-17-25(36(4)35-24)39-11-9-23-8-7-18-6-5-10-33-27(18)34-23/h7-8,12-13,16-17,20H,5-6,9-11,14-15H2,1-4H3,(H,33,34)(H,37,38). The summed E-state index contributed by atoms with van der Waals surface area (Å²) < 4.78 is 48.6. The van der Waals surface area contributed by atoms with E-state index < -0.39 is 29.0 Å². The molecule has 2 N–H and O–H groups in total. The molecule has 1 aliphatic heterocycles. The number of aromatic nitrogens is 3. The molecule has 210 valence electrons. The van der Waals surface area contributed by atoms with Crippen molar-refractivity contribution in [3.05, 3.63) is 70.0 Å². The largest absolute Gasteiger partial charge is 0.481 e. The maximum absolute atomic E-state index is 13.7. The van der Waals surface area contributed by atoms with Gasteiger partial charge in [0.1, 0.15) is 5.82 Å². The van der Waals surface area contributed by atoms with E-state index in [9.17, 15) is 23.1 Å². The van der Waals surface area contributed by atoms with Crippen LogP contribution < -0.4 is 10.1 Å². The van der Waals surface area contributed by atoms with E-state index in [0.717, 1.165) is 43.0 Å². The molecular formula is C29H35F3N4O3. The lowest BCUT2D eigenvalue weighted by Crippen LogP contribution is -2.17. The summed E-state index contributed by atoms with van der Waals surface area (Å²) in [4.78, 5) is 16.4. The fourth-order valence-corrected chi connectivity index (χ4v) is 4.76. The third-order valence-electron chi connectivity index (χ3n) is 6.94. The summed E-state index contributed by atoms with van der Waals surface area (Å²) in [7, 11) is 1.72. The van der Waals surface area contributed by atoms with Crippen molar-refractivity contribution in [3.8, 4) is 5.88 Å². The highest BCUT2D eigenvalue weighted by molar-refractivity contribution is 5.68. The molecular weight excluding hydrogens is 509 g/mol. The molecule has 1 unspecified atom stereocenters. The van der Waals surface area contributed by atoms with E-state index in [4.69, 9.17) is 4.74 Å². The number of ether oxygens (including phenoxy) is 1. The third-order valence-corrected chi connectivity index (χ3v) is 6.94. The van der Waals surface area contributed by atoms with E-state index in [1.165, 1.54) is 5.56 Å². The predicted molar refractivity (Wildman–Crippen MR) is 142 cm³/mol. The number of halogens is 3. The molecule has 0 saturated heterocycles. The minimum atomic E-state index is -4.54. The van der Waals surface area contributed by atoms with Crippen LogP contribution in [0.5, 0.6) is 5.88 Å². The fraction of sp³-hybridized carbons (Fsp3) is 0.483. The number of carboxylic acids is 1. The van der Waals surface area contributed by atoms with Crippen molar-refractivity contribution < 1.29 is 27.8 Å². The zero-order chi connectivity index (χ0) is 28.4. The van der Waals surface area contributed by atoms with Crippen LogP contribution in [0.2, 0.25) is 0 Å². The first kappa shape index (κ1) is 28.4. The molecule has 39 heavy (non-hydrogen) atoms. The van der Waals surface area contributed by atoms with Crippen LogP contribution >= 0.6 is 0 Å². The van der Waals surface area contributed by atoms with Crippen molar-refractivity contribution in [1.82, 2.24) is 14.8 Å². The van der Waals surface area contributed by atoms with Gasteiger partial charge in [-0.25, -0.2) is 9.67 Å². The Bertz CT molecular complexity index is 1300. The Morgan fingerprint density at radius 2 is 1.87 bits per heavy atom. The van der Waals surface area contributed by atoms with Gasteiger partial charge in [0.2, 0.25) is 5.88 Å². The smallest absolute Gasteiger partial charge is 0.416 e. The van der Waals surface area contributed by atoms with Gasteiger partial charge < -0.3 is 15.2 Å². The van der Waals surface area contributed by atoms with Gasteiger partial charge in [-0.1, -0.05) is 32.9 Å². The molecule has 1 aliphatic rings. The lowest BCUT2D eigenvalue weighted by atomic mass is 9.81. The number of benzene rings is 1. The number of aliphatic carboxylic acids is 1. The molecule has 3 heterocycles. The molecule has 10 heteroatoms. The van der Waals surface area contributed by atoms with Crippen molar-refractivity contribution in [2.24, 2.45) is 7.05 Å². The second kappa shape index (κ2) is 11.3. The Hall–Kier alpha value is -3.56. The van der Waals surface area contributed by atoms with Crippen LogP contribution in [0.3, 0.4) is 0 Å². The van der Waals surface area contributed by atoms with Gasteiger partial charge >= 0.3 is 12.1 Å². The van der Waals surface area contributed by atoms with Gasteiger partial charge in [-0.3, -0.25) is 4.79 Å². The highest BCUT2D eigenvalue weighted by Crippen LogP contribution is 2.37. The number of carboxylic acid groups (broad SMARTS) is 1. The zero-order valence-corrected chi connectivity index (χ0v) is 22.7. The Morgan fingerprint density at radius 1 is 1.13 bits per heavy atom. The minimum absolute atomic E-state index is 0.159. The number of nitrogens with one attached hydrogen (secondary N) is 1. The third kappa shape index (κ3) is 7.30. The fourth-order valence-electron chi connectivity index (χ4n) is 4.76. The number of fused-ring (bicyclic) bond motifs is 1. The molecule has 0 fully saturated rings. The predicted octanol–water partition coefficient (Wildman–Crippen LogP) is 5.91. The quantitative estimate of drug-likeness (QED) is 0.348. The van der Waals surface area contributed by atoms with Crippen LogP contribution in [0.15, 0.2) is 36.4 Å². The van der Waals surface area contributed by atoms with E-state index in [0.29, 0.717) is 35.7 Å². The van der Waals surface area contributed by atoms with Gasteiger partial charge in [-0.05, 0) is 65.5 Å². The zero-order valence-electron chi connectivity index (χ0n) is 22.7. The van der Waals surface area contributed by atoms with Crippen molar-refractivity contribution >= 4 is 11.8 Å². The van der Waals surface area contributed by atoms with Crippen LogP contribution in [0.1, 0.15) is 73.2 Å². The number of hydrogen-bond donors (Lipinski definition) is 2. The summed E-state index contributed by atoms with van der Waals surface area (Å²) in [5.74, 6) is -0.361. The van der Waals surface area contributed by atoms with E-state index in [1.54, 1.807) is 23.9 Å². The molecule has 7 nitrogen and oxygen atoms in total. The summed E-state index contributed by atoms with van der Waals surface area (Å²) in [6.07, 6.45) is -2.00. The Kier molecular flexibility index (Phi) is 8.23. The van der Waals surface area contributed by atoms with Gasteiger partial charge in [0.15, 0.2) is 0 Å². The summed E-state index contributed by atoms with van der Waals surface area (Å²) in [5, 5.41) is 17.3. The average molecular weight is 545 g/mol. The summed E-state index contributed by atoms with van der Waals surface area (Å²) in [6, 6.07) is 9.69. The van der Waals surface area contributed by atoms with Crippen LogP contribution in [0.4, 0.5) is 19.0 Å². The number of pyridine rings is 1. The number of carbonyl (C=O) groups is 1. The molecule has 0 amide bonds. The van der Waals surface area contributed by atoms with Gasteiger partial charge in [-0.15, -0.1) is 0 Å². The summed E-state index contributed by atoms with van der Waals surface area (Å²) in [6.45, 7) is 6.77. The number of hydrogen-bond acceptors (Lipinski definition) is 5. The molecule has 4 rings (SSSR count). The highest BCUT2D eigenvalue weighted by atomic mass is 19.4. The van der Waals surface area contributed by atoms with Crippen molar-refractivity contribution in [2.75, 3.05) is 18.5 Å². The number of nitrogens with zero attached hydrogens (tertiary/aromatic N) is 3. The van der Waals surface area contributed by atoms with E-state index >= 15 is 0 Å². The van der Waals surface area contributed by atoms with Crippen LogP contribution in [-0.4, -0.2) is 39.0 Å². The van der Waals surface area contributed by atoms with Gasteiger partial charge in [0, 0.05) is 31.8 Å². The van der Waals surface area contributed by atoms with Gasteiger partial charge in [0.25, 0.3) is 0 Å². The number of alkyl halides is 3. The lowest BCUT2D eigenvalue weighted by molar-refractivity contribution is -0.138. The van der Waals surface area contributed by atoms with Crippen LogP contribution in [0.25, 0.3) is 0 Å². The molecule has 3 aromatic rings. The first-order valence-corrected chi connectivity index (χ1v) is 13.1. The van der Waals surface area contributed by atoms with Crippen molar-refractivity contribution in [2.45, 2.75) is 70.4 Å². The number of anilines is 1. The second-order valence-corrected chi connectivity index (χ2v) is 11.1. The topological polar surface area (TPSA) is 89.3 Å². The number of rotatable bonds is 9.